The number of hydrogen-bond acceptors (Lipinski definition) is 3. The highest BCUT2D eigenvalue weighted by molar-refractivity contribution is 8.01. The summed E-state index contributed by atoms with van der Waals surface area (Å²) in [5.41, 5.74) is 3.64. The molecule has 1 aliphatic heterocycles. The second kappa shape index (κ2) is 6.63. The molecule has 21 heavy (non-hydrogen) atoms. The van der Waals surface area contributed by atoms with E-state index >= 15 is 0 Å². The molecule has 2 aromatic rings. The van der Waals surface area contributed by atoms with Gasteiger partial charge in [-0.25, -0.2) is 0 Å². The molecule has 2 nitrogen and oxygen atoms in total. The molecule has 1 atom stereocenters. The largest absolute Gasteiger partial charge is 0.476 e. The summed E-state index contributed by atoms with van der Waals surface area (Å²) in [6, 6.07) is 16.8. The third-order valence-corrected chi connectivity index (χ3v) is 4.83. The summed E-state index contributed by atoms with van der Waals surface area (Å²) >= 11 is 7.55. The van der Waals surface area contributed by atoms with Crippen LogP contribution < -0.4 is 9.04 Å². The van der Waals surface area contributed by atoms with Crippen molar-refractivity contribution in [2.75, 3.05) is 10.2 Å². The zero-order valence-electron chi connectivity index (χ0n) is 12.0. The van der Waals surface area contributed by atoms with Gasteiger partial charge in [0, 0.05) is 17.8 Å². The van der Waals surface area contributed by atoms with E-state index in [1.165, 1.54) is 11.3 Å². The van der Waals surface area contributed by atoms with Crippen LogP contribution in [-0.4, -0.2) is 11.3 Å². The predicted octanol–water partition coefficient (Wildman–Crippen LogP) is 5.52. The molecule has 1 heterocycles. The lowest BCUT2D eigenvalue weighted by Crippen LogP contribution is -2.25. The van der Waals surface area contributed by atoms with E-state index < -0.39 is 0 Å². The van der Waals surface area contributed by atoms with E-state index in [4.69, 9.17) is 16.3 Å². The van der Waals surface area contributed by atoms with Crippen LogP contribution in [0.4, 0.5) is 11.4 Å². The first-order valence-corrected chi connectivity index (χ1v) is 8.50. The number of hydrogen-bond donors (Lipinski definition) is 0. The third-order valence-electron chi connectivity index (χ3n) is 3.38. The second-order valence-electron chi connectivity index (χ2n) is 5.09. The molecule has 0 amide bonds. The number of alkyl halides is 1. The number of aryl methyl sites for hydroxylation is 1. The second-order valence-corrected chi connectivity index (χ2v) is 6.56. The number of anilines is 2. The summed E-state index contributed by atoms with van der Waals surface area (Å²) in [6.07, 6.45) is 1.91. The number of para-hydroxylation sites is 1. The fourth-order valence-corrected chi connectivity index (χ4v) is 3.65. The predicted molar refractivity (Wildman–Crippen MR) is 91.7 cm³/mol. The van der Waals surface area contributed by atoms with Crippen LogP contribution in [0.5, 0.6) is 5.75 Å². The fourth-order valence-electron chi connectivity index (χ4n) is 2.34. The molecule has 0 spiro atoms. The van der Waals surface area contributed by atoms with Gasteiger partial charge in [-0.15, -0.1) is 11.6 Å². The Morgan fingerprint density at radius 2 is 2.00 bits per heavy atom. The Morgan fingerprint density at radius 1 is 1.19 bits per heavy atom. The zero-order valence-corrected chi connectivity index (χ0v) is 13.5. The van der Waals surface area contributed by atoms with Crippen LogP contribution in [0.3, 0.4) is 0 Å². The van der Waals surface area contributed by atoms with E-state index in [0.29, 0.717) is 5.88 Å². The molecule has 0 aromatic heterocycles. The maximum atomic E-state index is 6.10. The lowest BCUT2D eigenvalue weighted by atomic mass is 10.2. The highest BCUT2D eigenvalue weighted by Gasteiger charge is 2.27. The minimum Gasteiger partial charge on any atom is -0.476 e. The molecule has 3 rings (SSSR count). The average Bonchev–Trinajstić information content (AvgIpc) is 2.53. The highest BCUT2D eigenvalue weighted by atomic mass is 35.5. The van der Waals surface area contributed by atoms with Gasteiger partial charge in [0.1, 0.15) is 5.75 Å². The van der Waals surface area contributed by atoms with Gasteiger partial charge in [0.2, 0.25) is 0 Å². The van der Waals surface area contributed by atoms with Crippen LogP contribution in [0.15, 0.2) is 48.5 Å². The van der Waals surface area contributed by atoms with Crippen LogP contribution in [0.1, 0.15) is 18.4 Å². The zero-order chi connectivity index (χ0) is 14.7. The van der Waals surface area contributed by atoms with E-state index in [-0.39, 0.29) is 5.44 Å². The Hall–Kier alpha value is -1.32. The fraction of sp³-hybridized carbons (Fsp3) is 0.294. The summed E-state index contributed by atoms with van der Waals surface area (Å²) in [6.45, 7) is 2.10. The number of nitrogens with zero attached hydrogens (tertiary/aromatic N) is 1. The molecule has 0 radical (unpaired) electrons. The number of benzene rings is 2. The minimum atomic E-state index is 0.110. The Morgan fingerprint density at radius 3 is 2.76 bits per heavy atom. The third kappa shape index (κ3) is 3.30. The van der Waals surface area contributed by atoms with Gasteiger partial charge in [-0.3, -0.25) is 4.31 Å². The molecular weight excluding hydrogens is 302 g/mol. The quantitative estimate of drug-likeness (QED) is 0.544. The molecular formula is C17H18ClNOS. The summed E-state index contributed by atoms with van der Waals surface area (Å²) < 4.78 is 8.37. The van der Waals surface area contributed by atoms with Crippen molar-refractivity contribution in [3.8, 4) is 5.75 Å². The van der Waals surface area contributed by atoms with Crippen molar-refractivity contribution in [3.63, 3.8) is 0 Å². The van der Waals surface area contributed by atoms with Crippen LogP contribution >= 0.6 is 23.5 Å². The van der Waals surface area contributed by atoms with Gasteiger partial charge in [0.15, 0.2) is 5.44 Å². The van der Waals surface area contributed by atoms with Crippen molar-refractivity contribution < 1.29 is 4.74 Å². The molecule has 0 saturated heterocycles. The van der Waals surface area contributed by atoms with Crippen LogP contribution in [0, 0.1) is 6.92 Å². The van der Waals surface area contributed by atoms with Gasteiger partial charge in [-0.1, -0.05) is 24.3 Å². The Balaban J connectivity index is 1.95. The summed E-state index contributed by atoms with van der Waals surface area (Å²) in [7, 11) is 0. The molecule has 110 valence electrons. The van der Waals surface area contributed by atoms with Gasteiger partial charge < -0.3 is 4.74 Å². The molecule has 1 aliphatic rings. The topological polar surface area (TPSA) is 12.5 Å². The van der Waals surface area contributed by atoms with Crippen LogP contribution in [-0.2, 0) is 0 Å². The standard InChI is InChI=1S/C17H18ClNOS/c1-13-9-10-16-15(12-13)19(14-6-3-2-4-7-14)21-17(20-16)8-5-11-18/h2-4,6-7,9-10,12,17H,5,8,11H2,1H3. The number of halogens is 1. The van der Waals surface area contributed by atoms with E-state index in [2.05, 4.69) is 53.7 Å². The normalized spacial score (nSPS) is 17.2. The first-order valence-electron chi connectivity index (χ1n) is 7.13. The summed E-state index contributed by atoms with van der Waals surface area (Å²) in [5.74, 6) is 1.62. The lowest BCUT2D eigenvalue weighted by Gasteiger charge is -2.35. The van der Waals surface area contributed by atoms with Crippen LogP contribution in [0.2, 0.25) is 0 Å². The van der Waals surface area contributed by atoms with Gasteiger partial charge in [0.05, 0.1) is 11.4 Å². The monoisotopic (exact) mass is 319 g/mol. The van der Waals surface area contributed by atoms with E-state index in [1.54, 1.807) is 11.9 Å². The van der Waals surface area contributed by atoms with E-state index in [1.807, 2.05) is 6.07 Å². The van der Waals surface area contributed by atoms with E-state index in [9.17, 15) is 0 Å². The minimum absolute atomic E-state index is 0.110. The Bertz CT molecular complexity index is 605. The van der Waals surface area contributed by atoms with Crippen molar-refractivity contribution in [2.45, 2.75) is 25.2 Å². The van der Waals surface area contributed by atoms with Crippen molar-refractivity contribution >= 4 is 34.9 Å². The number of rotatable bonds is 4. The van der Waals surface area contributed by atoms with Crippen molar-refractivity contribution in [2.24, 2.45) is 0 Å². The first kappa shape index (κ1) is 14.6. The molecule has 1 unspecified atom stereocenters. The molecule has 0 aliphatic carbocycles. The number of ether oxygens (including phenoxy) is 1. The first-order chi connectivity index (χ1) is 10.3. The molecule has 2 aromatic carbocycles. The van der Waals surface area contributed by atoms with Crippen molar-refractivity contribution in [1.29, 1.82) is 0 Å². The Kier molecular flexibility index (Phi) is 4.61. The maximum Gasteiger partial charge on any atom is 0.163 e. The Labute approximate surface area is 135 Å². The molecule has 0 N–H and O–H groups in total. The molecule has 0 fully saturated rings. The number of fused-ring (bicyclic) bond motifs is 1. The summed E-state index contributed by atoms with van der Waals surface area (Å²) in [5, 5.41) is 0. The summed E-state index contributed by atoms with van der Waals surface area (Å²) in [4.78, 5) is 0. The van der Waals surface area contributed by atoms with Gasteiger partial charge in [0.25, 0.3) is 0 Å². The van der Waals surface area contributed by atoms with Gasteiger partial charge in [-0.2, -0.15) is 0 Å². The molecule has 0 saturated carbocycles. The smallest absolute Gasteiger partial charge is 0.163 e. The van der Waals surface area contributed by atoms with Crippen LogP contribution in [0.25, 0.3) is 0 Å². The van der Waals surface area contributed by atoms with Gasteiger partial charge in [-0.05, 0) is 49.6 Å². The molecule has 4 heteroatoms. The molecule has 0 bridgehead atoms. The van der Waals surface area contributed by atoms with Crippen molar-refractivity contribution in [1.82, 2.24) is 0 Å². The lowest BCUT2D eigenvalue weighted by molar-refractivity contribution is 0.273. The SMILES string of the molecule is Cc1ccc2c(c1)N(c1ccccc1)SC(CCCCl)O2. The van der Waals surface area contributed by atoms with Gasteiger partial charge >= 0.3 is 0 Å². The van der Waals surface area contributed by atoms with Crippen molar-refractivity contribution in [3.05, 3.63) is 54.1 Å². The highest BCUT2D eigenvalue weighted by Crippen LogP contribution is 2.46. The van der Waals surface area contributed by atoms with E-state index in [0.717, 1.165) is 24.3 Å². The average molecular weight is 320 g/mol. The maximum absolute atomic E-state index is 6.10.